The molecular weight excluding hydrogens is 643 g/mol. The number of halogens is 7. The normalized spacial score (nSPS) is 20.5. The number of nitrogens with zero attached hydrogens (tertiary/aromatic N) is 7. The fraction of sp³-hybridized carbons (Fsp3) is 0.515. The number of rotatable bonds is 9. The van der Waals surface area contributed by atoms with Gasteiger partial charge in [-0.25, -0.2) is 9.37 Å². The third kappa shape index (κ3) is 7.50. The number of tetrazole rings is 1. The molecule has 258 valence electrons. The highest BCUT2D eigenvalue weighted by Gasteiger charge is 2.38. The topological polar surface area (TPSA) is 83.2 Å². The van der Waals surface area contributed by atoms with Gasteiger partial charge in [0.05, 0.1) is 23.7 Å². The van der Waals surface area contributed by atoms with Gasteiger partial charge in [0, 0.05) is 49.3 Å². The van der Waals surface area contributed by atoms with Crippen LogP contribution in [0.1, 0.15) is 67.2 Å². The second-order valence-electron chi connectivity index (χ2n) is 12.9. The van der Waals surface area contributed by atoms with Crippen molar-refractivity contribution in [3.8, 4) is 0 Å². The lowest BCUT2D eigenvalue weighted by molar-refractivity contribution is -0.143. The van der Waals surface area contributed by atoms with E-state index in [2.05, 4.69) is 20.3 Å². The monoisotopic (exact) mass is 679 g/mol. The molecule has 1 saturated heterocycles. The number of aryl methyl sites for hydroxylation is 1. The number of aromatic nitrogens is 5. The van der Waals surface area contributed by atoms with E-state index in [1.165, 1.54) is 24.1 Å². The van der Waals surface area contributed by atoms with Crippen molar-refractivity contribution in [2.75, 3.05) is 23.0 Å². The molecule has 0 unspecified atom stereocenters. The second kappa shape index (κ2) is 13.5. The molecule has 1 aliphatic carbocycles. The predicted octanol–water partition coefficient (Wildman–Crippen LogP) is 7.30. The van der Waals surface area contributed by atoms with Crippen molar-refractivity contribution in [1.29, 1.82) is 0 Å². The summed E-state index contributed by atoms with van der Waals surface area (Å²) < 4.78 is 96.7. The molecule has 0 spiro atoms. The Morgan fingerprint density at radius 3 is 2.23 bits per heavy atom. The Kier molecular flexibility index (Phi) is 9.51. The first kappa shape index (κ1) is 33.9. The summed E-state index contributed by atoms with van der Waals surface area (Å²) in [5.41, 5.74) is -1.99. The van der Waals surface area contributed by atoms with Crippen LogP contribution in [0.4, 0.5) is 42.5 Å². The first-order valence-electron chi connectivity index (χ1n) is 16.0. The van der Waals surface area contributed by atoms with Gasteiger partial charge in [-0.05, 0) is 91.1 Å². The van der Waals surface area contributed by atoms with Gasteiger partial charge in [-0.1, -0.05) is 17.9 Å². The van der Waals surface area contributed by atoms with Crippen LogP contribution in [0.3, 0.4) is 0 Å². The highest BCUT2D eigenvalue weighted by atomic mass is 19.4. The van der Waals surface area contributed by atoms with Crippen LogP contribution in [0.2, 0.25) is 0 Å². The van der Waals surface area contributed by atoms with E-state index in [1.807, 2.05) is 6.07 Å². The Morgan fingerprint density at radius 2 is 1.60 bits per heavy atom. The minimum absolute atomic E-state index is 0.00815. The molecule has 1 saturated carbocycles. The molecule has 8 nitrogen and oxygen atoms in total. The summed E-state index contributed by atoms with van der Waals surface area (Å²) in [6.07, 6.45) is -3.36. The molecule has 1 N–H and O–H groups in total. The molecule has 0 bridgehead atoms. The molecule has 2 aromatic heterocycles. The van der Waals surface area contributed by atoms with Crippen LogP contribution in [-0.2, 0) is 32.5 Å². The minimum atomic E-state index is -5.00. The van der Waals surface area contributed by atoms with Crippen molar-refractivity contribution in [1.82, 2.24) is 25.2 Å². The summed E-state index contributed by atoms with van der Waals surface area (Å²) in [4.78, 5) is 9.78. The fourth-order valence-electron chi connectivity index (χ4n) is 7.26. The van der Waals surface area contributed by atoms with E-state index in [9.17, 15) is 35.8 Å². The molecule has 2 fully saturated rings. The van der Waals surface area contributed by atoms with E-state index >= 15 is 0 Å². The maximum Gasteiger partial charge on any atom is 0.416 e. The SMILES string of the molecule is Cn1nnc(N(Cc2cc(C(F)(F)F)cc(C(F)(F)F)c2)Cc2cc3ccc(F)cc3nc2N2CCC[C@@H]2C2CCC(CCO)CC2)n1. The lowest BCUT2D eigenvalue weighted by Gasteiger charge is -2.38. The second-order valence-corrected chi connectivity index (χ2v) is 12.9. The summed E-state index contributed by atoms with van der Waals surface area (Å²) in [6, 6.07) is 7.72. The van der Waals surface area contributed by atoms with E-state index in [0.29, 0.717) is 52.8 Å². The van der Waals surface area contributed by atoms with Crippen LogP contribution in [0.5, 0.6) is 0 Å². The standard InChI is InChI=1S/C33H36F7N7O/c1-45-43-31(42-44-45)46(18-21-13-25(32(35,36)37)16-26(14-21)33(38,39)40)19-24-15-23-8-9-27(34)17-28(23)41-30(24)47-11-2-3-29(47)22-6-4-20(5-7-22)10-12-48/h8-9,13-17,20,22,29,48H,2-7,10-12,18-19H2,1H3/t20?,22?,29-/m1/s1. The van der Waals surface area contributed by atoms with E-state index in [0.717, 1.165) is 49.7 Å². The van der Waals surface area contributed by atoms with Crippen molar-refractivity contribution in [2.45, 2.75) is 76.4 Å². The van der Waals surface area contributed by atoms with Crippen LogP contribution < -0.4 is 9.80 Å². The lowest BCUT2D eigenvalue weighted by atomic mass is 9.77. The number of anilines is 2. The Labute approximate surface area is 272 Å². The number of benzene rings is 2. The molecule has 2 aromatic carbocycles. The van der Waals surface area contributed by atoms with Gasteiger partial charge >= 0.3 is 12.4 Å². The van der Waals surface area contributed by atoms with Crippen LogP contribution in [0, 0.1) is 17.7 Å². The zero-order valence-electron chi connectivity index (χ0n) is 26.3. The van der Waals surface area contributed by atoms with Gasteiger partial charge < -0.3 is 14.9 Å². The number of fused-ring (bicyclic) bond motifs is 1. The Bertz CT molecular complexity index is 1700. The third-order valence-electron chi connectivity index (χ3n) is 9.54. The Balaban J connectivity index is 1.40. The predicted molar refractivity (Wildman–Crippen MR) is 164 cm³/mol. The fourth-order valence-corrected chi connectivity index (χ4v) is 7.26. The molecule has 6 rings (SSSR count). The van der Waals surface area contributed by atoms with E-state index in [4.69, 9.17) is 4.98 Å². The van der Waals surface area contributed by atoms with Crippen molar-refractivity contribution in [3.63, 3.8) is 0 Å². The van der Waals surface area contributed by atoms with Crippen molar-refractivity contribution in [3.05, 3.63) is 70.5 Å². The maximum absolute atomic E-state index is 14.4. The van der Waals surface area contributed by atoms with E-state index in [-0.39, 0.29) is 36.8 Å². The molecule has 1 aliphatic heterocycles. The van der Waals surface area contributed by atoms with E-state index in [1.54, 1.807) is 6.07 Å². The summed E-state index contributed by atoms with van der Waals surface area (Å²) in [5, 5.41) is 22.2. The molecular formula is C33H36F7N7O. The summed E-state index contributed by atoms with van der Waals surface area (Å²) in [7, 11) is 1.50. The first-order chi connectivity index (χ1) is 22.8. The third-order valence-corrected chi connectivity index (χ3v) is 9.54. The average Bonchev–Trinajstić information content (AvgIpc) is 3.69. The smallest absolute Gasteiger partial charge is 0.396 e. The molecule has 48 heavy (non-hydrogen) atoms. The molecule has 2 aliphatic rings. The highest BCUT2D eigenvalue weighted by molar-refractivity contribution is 5.82. The number of aliphatic hydroxyl groups is 1. The minimum Gasteiger partial charge on any atom is -0.396 e. The van der Waals surface area contributed by atoms with Crippen LogP contribution in [-0.4, -0.2) is 49.5 Å². The van der Waals surface area contributed by atoms with Gasteiger partial charge in [0.1, 0.15) is 11.6 Å². The largest absolute Gasteiger partial charge is 0.416 e. The molecule has 3 heterocycles. The molecule has 1 atom stereocenters. The van der Waals surface area contributed by atoms with Crippen LogP contribution in [0.25, 0.3) is 10.9 Å². The van der Waals surface area contributed by atoms with Crippen molar-refractivity contribution < 1.29 is 35.8 Å². The van der Waals surface area contributed by atoms with Gasteiger partial charge in [-0.15, -0.1) is 5.10 Å². The summed E-state index contributed by atoms with van der Waals surface area (Å²) in [5.74, 6) is 1.00. The summed E-state index contributed by atoms with van der Waals surface area (Å²) >= 11 is 0. The number of aliphatic hydroxyl groups excluding tert-OH is 1. The Hall–Kier alpha value is -4.01. The number of hydrogen-bond donors (Lipinski definition) is 1. The zero-order valence-corrected chi connectivity index (χ0v) is 26.3. The first-order valence-corrected chi connectivity index (χ1v) is 16.0. The highest BCUT2D eigenvalue weighted by Crippen LogP contribution is 2.41. The lowest BCUT2D eigenvalue weighted by Crippen LogP contribution is -2.39. The summed E-state index contributed by atoms with van der Waals surface area (Å²) in [6.45, 7) is 0.443. The number of hydrogen-bond acceptors (Lipinski definition) is 7. The number of pyridine rings is 1. The van der Waals surface area contributed by atoms with Crippen LogP contribution >= 0.6 is 0 Å². The van der Waals surface area contributed by atoms with Crippen molar-refractivity contribution in [2.24, 2.45) is 18.9 Å². The molecule has 4 aromatic rings. The van der Waals surface area contributed by atoms with Gasteiger partial charge in [0.25, 0.3) is 5.95 Å². The molecule has 0 radical (unpaired) electrons. The molecule has 15 heteroatoms. The van der Waals surface area contributed by atoms with E-state index < -0.39 is 35.8 Å². The van der Waals surface area contributed by atoms with Crippen LogP contribution in [0.15, 0.2) is 42.5 Å². The van der Waals surface area contributed by atoms with Gasteiger partial charge in [-0.2, -0.15) is 31.1 Å². The zero-order chi connectivity index (χ0) is 34.2. The Morgan fingerprint density at radius 1 is 0.896 bits per heavy atom. The van der Waals surface area contributed by atoms with Crippen molar-refractivity contribution >= 4 is 22.7 Å². The van der Waals surface area contributed by atoms with Gasteiger partial charge in [0.2, 0.25) is 0 Å². The number of alkyl halides is 6. The van der Waals surface area contributed by atoms with Gasteiger partial charge in [0.15, 0.2) is 0 Å². The molecule has 0 amide bonds. The van der Waals surface area contributed by atoms with Gasteiger partial charge in [-0.3, -0.25) is 0 Å². The quantitative estimate of drug-likeness (QED) is 0.186. The maximum atomic E-state index is 14.4. The average molecular weight is 680 g/mol.